The van der Waals surface area contributed by atoms with Gasteiger partial charge in [-0.15, -0.1) is 0 Å². The number of unbranched alkanes of at least 4 members (excludes halogenated alkanes) is 17. The van der Waals surface area contributed by atoms with Crippen molar-refractivity contribution >= 4 is 13.7 Å². The number of aliphatic hydroxyl groups excluding tert-OH is 1. The van der Waals surface area contributed by atoms with Crippen LogP contribution in [0.15, 0.2) is 12.2 Å². The lowest BCUT2D eigenvalue weighted by Crippen LogP contribution is -2.46. The van der Waals surface area contributed by atoms with Gasteiger partial charge in [0, 0.05) is 6.42 Å². The van der Waals surface area contributed by atoms with Gasteiger partial charge in [0.25, 0.3) is 7.82 Å². The molecule has 0 rings (SSSR count). The number of carbonyl (C=O) groups excluding carboxylic acids is 1. The van der Waals surface area contributed by atoms with Crippen LogP contribution < -0.4 is 10.2 Å². The minimum atomic E-state index is -4.55. The van der Waals surface area contributed by atoms with Gasteiger partial charge in [0.2, 0.25) is 5.91 Å². The molecule has 0 radical (unpaired) electrons. The molecule has 9 heteroatoms. The van der Waals surface area contributed by atoms with Gasteiger partial charge in [-0.3, -0.25) is 9.36 Å². The minimum Gasteiger partial charge on any atom is -0.756 e. The summed E-state index contributed by atoms with van der Waals surface area (Å²) in [6, 6.07) is -0.797. The third-order valence-corrected chi connectivity index (χ3v) is 8.95. The maximum Gasteiger partial charge on any atom is 0.268 e. The van der Waals surface area contributed by atoms with Gasteiger partial charge < -0.3 is 28.8 Å². The lowest BCUT2D eigenvalue weighted by atomic mass is 10.0. The summed E-state index contributed by atoms with van der Waals surface area (Å²) in [5.74, 6) is -0.179. The first-order chi connectivity index (χ1) is 21.0. The number of nitrogens with zero attached hydrogens (tertiary/aromatic N) is 1. The molecule has 1 amide bonds. The highest BCUT2D eigenvalue weighted by atomic mass is 31.2. The second-order valence-corrected chi connectivity index (χ2v) is 15.0. The molecule has 0 aromatic rings. The molecule has 0 saturated heterocycles. The molecule has 262 valence electrons. The normalized spacial score (nSPS) is 15.0. The van der Waals surface area contributed by atoms with Crippen LogP contribution in [0.5, 0.6) is 0 Å². The zero-order valence-corrected chi connectivity index (χ0v) is 30.3. The van der Waals surface area contributed by atoms with Gasteiger partial charge in [0.15, 0.2) is 0 Å². The lowest BCUT2D eigenvalue weighted by Gasteiger charge is -2.30. The summed E-state index contributed by atoms with van der Waals surface area (Å²) in [5, 5.41) is 13.8. The highest BCUT2D eigenvalue weighted by Crippen LogP contribution is 2.38. The first-order valence-electron chi connectivity index (χ1n) is 18.0. The predicted octanol–water partition coefficient (Wildman–Crippen LogP) is 8.22. The third-order valence-electron chi connectivity index (χ3n) is 7.98. The van der Waals surface area contributed by atoms with Crippen molar-refractivity contribution in [2.75, 3.05) is 40.9 Å². The van der Waals surface area contributed by atoms with Gasteiger partial charge in [0.05, 0.1) is 39.9 Å². The largest absolute Gasteiger partial charge is 0.756 e. The van der Waals surface area contributed by atoms with E-state index in [9.17, 15) is 19.4 Å². The Kier molecular flexibility index (Phi) is 28.0. The number of likely N-dealkylation sites (N-methyl/N-ethyl adjacent to an activating group) is 1. The zero-order chi connectivity index (χ0) is 32.9. The van der Waals surface area contributed by atoms with Gasteiger partial charge in [-0.05, 0) is 32.1 Å². The molecule has 0 fully saturated rings. The average molecular weight is 647 g/mol. The van der Waals surface area contributed by atoms with E-state index < -0.39 is 20.0 Å². The molecule has 0 aliphatic carbocycles. The van der Waals surface area contributed by atoms with E-state index in [0.29, 0.717) is 23.9 Å². The van der Waals surface area contributed by atoms with Gasteiger partial charge in [0.1, 0.15) is 13.2 Å². The van der Waals surface area contributed by atoms with Crippen molar-refractivity contribution < 1.29 is 32.9 Å². The number of aliphatic hydroxyl groups is 1. The Bertz CT molecular complexity index is 743. The smallest absolute Gasteiger partial charge is 0.268 e. The molecule has 0 saturated carbocycles. The number of carbonyl (C=O) groups is 1. The molecule has 3 atom stereocenters. The maximum absolute atomic E-state index is 12.7. The van der Waals surface area contributed by atoms with Crippen LogP contribution in [0.25, 0.3) is 0 Å². The predicted molar refractivity (Wildman–Crippen MR) is 182 cm³/mol. The quantitative estimate of drug-likeness (QED) is 0.0330. The molecular weight excluding hydrogens is 575 g/mol. The molecule has 8 nitrogen and oxygen atoms in total. The van der Waals surface area contributed by atoms with Gasteiger partial charge in [-0.25, -0.2) is 0 Å². The van der Waals surface area contributed by atoms with Crippen LogP contribution >= 0.6 is 7.82 Å². The van der Waals surface area contributed by atoms with E-state index in [2.05, 4.69) is 31.3 Å². The van der Waals surface area contributed by atoms with Gasteiger partial charge >= 0.3 is 0 Å². The van der Waals surface area contributed by atoms with Crippen LogP contribution in [0, 0.1) is 0 Å². The molecule has 0 aliphatic heterocycles. The number of phosphoric acid groups is 1. The second-order valence-electron chi connectivity index (χ2n) is 13.6. The first kappa shape index (κ1) is 43.2. The van der Waals surface area contributed by atoms with Crippen LogP contribution in [-0.4, -0.2) is 68.5 Å². The van der Waals surface area contributed by atoms with E-state index in [1.54, 1.807) is 0 Å². The Morgan fingerprint density at radius 2 is 1.30 bits per heavy atom. The summed E-state index contributed by atoms with van der Waals surface area (Å²) in [6.45, 7) is 4.62. The summed E-state index contributed by atoms with van der Waals surface area (Å²) >= 11 is 0. The van der Waals surface area contributed by atoms with Crippen LogP contribution in [0.3, 0.4) is 0 Å². The Morgan fingerprint density at radius 3 is 1.86 bits per heavy atom. The lowest BCUT2D eigenvalue weighted by molar-refractivity contribution is -0.870. The van der Waals surface area contributed by atoms with E-state index in [0.717, 1.165) is 57.8 Å². The van der Waals surface area contributed by atoms with Crippen molar-refractivity contribution in [2.45, 2.75) is 167 Å². The van der Waals surface area contributed by atoms with E-state index in [1.807, 2.05) is 21.1 Å². The van der Waals surface area contributed by atoms with Crippen LogP contribution in [0.1, 0.15) is 155 Å². The summed E-state index contributed by atoms with van der Waals surface area (Å²) in [5.41, 5.74) is 0. The Labute approximate surface area is 272 Å². The number of nitrogens with one attached hydrogen (secondary N) is 1. The fourth-order valence-corrected chi connectivity index (χ4v) is 5.76. The molecule has 0 heterocycles. The molecule has 3 unspecified atom stereocenters. The monoisotopic (exact) mass is 647 g/mol. The topological polar surface area (TPSA) is 108 Å². The molecule has 0 bridgehead atoms. The first-order valence-corrected chi connectivity index (χ1v) is 19.5. The summed E-state index contributed by atoms with van der Waals surface area (Å²) in [7, 11) is 1.30. The van der Waals surface area contributed by atoms with Crippen molar-refractivity contribution in [1.29, 1.82) is 0 Å². The van der Waals surface area contributed by atoms with Crippen molar-refractivity contribution in [2.24, 2.45) is 0 Å². The third kappa shape index (κ3) is 29.9. The van der Waals surface area contributed by atoms with Crippen LogP contribution in [0.2, 0.25) is 0 Å². The number of quaternary nitrogens is 1. The van der Waals surface area contributed by atoms with E-state index >= 15 is 0 Å². The number of hydrogen-bond acceptors (Lipinski definition) is 6. The average Bonchev–Trinajstić information content (AvgIpc) is 2.95. The summed E-state index contributed by atoms with van der Waals surface area (Å²) < 4.78 is 23.1. The Hall–Kier alpha value is -0.760. The number of hydrogen-bond donors (Lipinski definition) is 2. The van der Waals surface area contributed by atoms with Gasteiger partial charge in [-0.1, -0.05) is 129 Å². The van der Waals surface area contributed by atoms with Crippen molar-refractivity contribution in [3.8, 4) is 0 Å². The number of phosphoric ester groups is 1. The number of rotatable bonds is 32. The molecule has 44 heavy (non-hydrogen) atoms. The molecule has 0 spiro atoms. The maximum atomic E-state index is 12.7. The van der Waals surface area contributed by atoms with Crippen LogP contribution in [-0.2, 0) is 18.4 Å². The zero-order valence-electron chi connectivity index (χ0n) is 29.4. The SMILES string of the molecule is CCC/C=C\CCCCCCCC(=O)NC(COP(=O)([O-])OCC[N+](C)(C)C)C(O)CCCCCCCCCCCCCC. The molecular formula is C35H71N2O6P. The van der Waals surface area contributed by atoms with Crippen molar-refractivity contribution in [3.05, 3.63) is 12.2 Å². The van der Waals surface area contributed by atoms with E-state index in [4.69, 9.17) is 9.05 Å². The van der Waals surface area contributed by atoms with Gasteiger partial charge in [-0.2, -0.15) is 0 Å². The molecule has 0 aromatic carbocycles. The highest BCUT2D eigenvalue weighted by Gasteiger charge is 2.24. The van der Waals surface area contributed by atoms with E-state index in [-0.39, 0.29) is 19.1 Å². The molecule has 0 aliphatic rings. The second kappa shape index (κ2) is 28.5. The van der Waals surface area contributed by atoms with E-state index in [1.165, 1.54) is 70.6 Å². The highest BCUT2D eigenvalue weighted by molar-refractivity contribution is 7.45. The standard InChI is InChI=1S/C35H71N2O6P/c1-6-8-10-12-14-16-18-19-20-22-24-26-28-34(38)33(32-43-44(40,41)42-31-30-37(3,4)5)36-35(39)29-27-25-23-21-17-15-13-11-9-7-2/h11,13,33-34,38H,6-10,12,14-32H2,1-5H3,(H-,36,39,40,41)/b13-11-. The Morgan fingerprint density at radius 1 is 0.773 bits per heavy atom. The Balaban J connectivity index is 4.52. The van der Waals surface area contributed by atoms with Crippen molar-refractivity contribution in [3.63, 3.8) is 0 Å². The van der Waals surface area contributed by atoms with Crippen molar-refractivity contribution in [1.82, 2.24) is 5.32 Å². The number of amides is 1. The molecule has 0 aromatic heterocycles. The fraction of sp³-hybridized carbons (Fsp3) is 0.914. The summed E-state index contributed by atoms with van der Waals surface area (Å²) in [4.78, 5) is 25.1. The fourth-order valence-electron chi connectivity index (χ4n) is 5.04. The summed E-state index contributed by atoms with van der Waals surface area (Å²) in [6.07, 6.45) is 27.8. The molecule has 2 N–H and O–H groups in total. The van der Waals surface area contributed by atoms with Crippen LogP contribution in [0.4, 0.5) is 0 Å². The minimum absolute atomic E-state index is 0.0116. The number of allylic oxidation sites excluding steroid dienone is 2.